The molecule has 0 bridgehead atoms. The number of nitrogens with zero attached hydrogens (tertiary/aromatic N) is 2. The Morgan fingerprint density at radius 3 is 2.74 bits per heavy atom. The molecule has 23 heavy (non-hydrogen) atoms. The Kier molecular flexibility index (Phi) is 5.15. The molecule has 8 heteroatoms. The van der Waals surface area contributed by atoms with E-state index in [-0.39, 0.29) is 13.0 Å². The summed E-state index contributed by atoms with van der Waals surface area (Å²) < 4.78 is 30.2. The molecule has 0 aliphatic carbocycles. The molecule has 1 aromatic heterocycles. The molecule has 6 nitrogen and oxygen atoms in total. The van der Waals surface area contributed by atoms with Gasteiger partial charge in [-0.3, -0.25) is 9.48 Å². The number of aromatic nitrogens is 2. The molecule has 1 unspecified atom stereocenters. The van der Waals surface area contributed by atoms with Crippen molar-refractivity contribution in [1.29, 1.82) is 0 Å². The molecule has 0 fully saturated rings. The molecule has 0 aliphatic heterocycles. The number of sulfone groups is 1. The summed E-state index contributed by atoms with van der Waals surface area (Å²) in [6.07, 6.45) is 2.86. The van der Waals surface area contributed by atoms with Crippen LogP contribution in [0.1, 0.15) is 20.3 Å². The van der Waals surface area contributed by atoms with E-state index < -0.39 is 20.6 Å². The van der Waals surface area contributed by atoms with E-state index in [0.717, 1.165) is 21.6 Å². The summed E-state index contributed by atoms with van der Waals surface area (Å²) in [7, 11) is -3.62. The Hall–Kier alpha value is -1.41. The summed E-state index contributed by atoms with van der Waals surface area (Å²) in [6, 6.07) is 5.72. The molecule has 0 spiro atoms. The maximum atomic E-state index is 12.1. The van der Waals surface area contributed by atoms with E-state index in [1.54, 1.807) is 17.8 Å². The number of halogens is 1. The van der Waals surface area contributed by atoms with Crippen LogP contribution >= 0.6 is 15.9 Å². The van der Waals surface area contributed by atoms with Crippen LogP contribution < -0.4 is 0 Å². The van der Waals surface area contributed by atoms with Gasteiger partial charge in [0.05, 0.1) is 18.3 Å². The van der Waals surface area contributed by atoms with Gasteiger partial charge in [0.1, 0.15) is 0 Å². The minimum atomic E-state index is -3.62. The lowest BCUT2D eigenvalue weighted by atomic mass is 10.1. The van der Waals surface area contributed by atoms with Gasteiger partial charge in [-0.05, 0) is 38.5 Å². The Morgan fingerprint density at radius 2 is 2.13 bits per heavy atom. The lowest BCUT2D eigenvalue weighted by Crippen LogP contribution is -2.45. The van der Waals surface area contributed by atoms with Gasteiger partial charge in [-0.1, -0.05) is 15.9 Å². The molecule has 0 N–H and O–H groups in total. The third-order valence-corrected chi connectivity index (χ3v) is 6.43. The van der Waals surface area contributed by atoms with E-state index in [4.69, 9.17) is 4.74 Å². The van der Waals surface area contributed by atoms with Crippen LogP contribution in [0.15, 0.2) is 28.9 Å². The first-order valence-corrected chi connectivity index (χ1v) is 9.85. The maximum absolute atomic E-state index is 12.1. The van der Waals surface area contributed by atoms with Gasteiger partial charge < -0.3 is 4.74 Å². The average Bonchev–Trinajstić information content (AvgIpc) is 2.85. The molecule has 2 rings (SSSR count). The maximum Gasteiger partial charge on any atom is 0.327 e. The van der Waals surface area contributed by atoms with Crippen LogP contribution in [0, 0.1) is 0 Å². The van der Waals surface area contributed by atoms with E-state index in [9.17, 15) is 13.2 Å². The lowest BCUT2D eigenvalue weighted by Gasteiger charge is -2.25. The molecule has 1 aromatic carbocycles. The zero-order valence-electron chi connectivity index (χ0n) is 13.2. The van der Waals surface area contributed by atoms with Crippen molar-refractivity contribution < 1.29 is 17.9 Å². The third-order valence-electron chi connectivity index (χ3n) is 3.93. The fraction of sp³-hybridized carbons (Fsp3) is 0.467. The van der Waals surface area contributed by atoms with Gasteiger partial charge in [-0.25, -0.2) is 8.42 Å². The van der Waals surface area contributed by atoms with Gasteiger partial charge in [0.2, 0.25) is 0 Å². The van der Waals surface area contributed by atoms with Gasteiger partial charge in [0, 0.05) is 22.7 Å². The van der Waals surface area contributed by atoms with Crippen LogP contribution in [0.25, 0.3) is 10.9 Å². The summed E-state index contributed by atoms with van der Waals surface area (Å²) in [5.74, 6) is -0.721. The van der Waals surface area contributed by atoms with Gasteiger partial charge in [-0.2, -0.15) is 5.10 Å². The number of carbonyl (C=O) groups excluding carboxylic acids is 1. The van der Waals surface area contributed by atoms with E-state index in [2.05, 4.69) is 21.0 Å². The molecule has 0 amide bonds. The summed E-state index contributed by atoms with van der Waals surface area (Å²) in [5, 5.41) is 5.22. The predicted octanol–water partition coefficient (Wildman–Crippen LogP) is 2.56. The van der Waals surface area contributed by atoms with Crippen molar-refractivity contribution >= 4 is 42.6 Å². The Labute approximate surface area is 143 Å². The van der Waals surface area contributed by atoms with E-state index in [0.29, 0.717) is 6.54 Å². The molecule has 0 aliphatic rings. The van der Waals surface area contributed by atoms with Crippen molar-refractivity contribution in [3.8, 4) is 0 Å². The highest BCUT2D eigenvalue weighted by Crippen LogP contribution is 2.25. The molecule has 0 saturated carbocycles. The number of esters is 1. The SMILES string of the molecule is CCOC(=O)C(C)(CCn1ncc2cc(Br)ccc21)S(C)(=O)=O. The number of ether oxygens (including phenoxy) is 1. The van der Waals surface area contributed by atoms with Crippen LogP contribution in [0.2, 0.25) is 0 Å². The van der Waals surface area contributed by atoms with Crippen LogP contribution in [0.4, 0.5) is 0 Å². The molecular formula is C15H19BrN2O4S. The summed E-state index contributed by atoms with van der Waals surface area (Å²) in [4.78, 5) is 12.1. The minimum Gasteiger partial charge on any atom is -0.465 e. The quantitative estimate of drug-likeness (QED) is 0.693. The van der Waals surface area contributed by atoms with E-state index >= 15 is 0 Å². The Bertz CT molecular complexity index is 831. The van der Waals surface area contributed by atoms with Crippen molar-refractivity contribution in [1.82, 2.24) is 9.78 Å². The first kappa shape index (κ1) is 17.9. The zero-order chi connectivity index (χ0) is 17.3. The highest BCUT2D eigenvalue weighted by Gasteiger charge is 2.44. The Morgan fingerprint density at radius 1 is 1.43 bits per heavy atom. The van der Waals surface area contributed by atoms with E-state index in [1.165, 1.54) is 6.92 Å². The van der Waals surface area contributed by atoms with Crippen LogP contribution in [0.3, 0.4) is 0 Å². The molecular weight excluding hydrogens is 384 g/mol. The number of aryl methyl sites for hydroxylation is 1. The number of rotatable bonds is 6. The van der Waals surface area contributed by atoms with Crippen molar-refractivity contribution in [2.75, 3.05) is 12.9 Å². The second-order valence-electron chi connectivity index (χ2n) is 5.54. The van der Waals surface area contributed by atoms with Crippen molar-refractivity contribution in [2.45, 2.75) is 31.6 Å². The third kappa shape index (κ3) is 3.58. The number of hydrogen-bond acceptors (Lipinski definition) is 5. The number of carbonyl (C=O) groups is 1. The summed E-state index contributed by atoms with van der Waals surface area (Å²) in [5.41, 5.74) is 0.882. The number of hydrogen-bond donors (Lipinski definition) is 0. The highest BCUT2D eigenvalue weighted by atomic mass is 79.9. The standard InChI is InChI=1S/C15H19BrN2O4S/c1-4-22-14(19)15(2,23(3,20)21)7-8-18-13-6-5-12(16)9-11(13)10-17-18/h5-6,9-10H,4,7-8H2,1-3H3. The zero-order valence-corrected chi connectivity index (χ0v) is 15.6. The fourth-order valence-electron chi connectivity index (χ4n) is 2.28. The molecule has 0 radical (unpaired) electrons. The fourth-order valence-corrected chi connectivity index (χ4v) is 3.48. The van der Waals surface area contributed by atoms with Gasteiger partial charge in [0.25, 0.3) is 0 Å². The highest BCUT2D eigenvalue weighted by molar-refractivity contribution is 9.10. The molecule has 0 saturated heterocycles. The predicted molar refractivity (Wildman–Crippen MR) is 91.9 cm³/mol. The van der Waals surface area contributed by atoms with Gasteiger partial charge in [-0.15, -0.1) is 0 Å². The first-order valence-electron chi connectivity index (χ1n) is 7.17. The topological polar surface area (TPSA) is 78.3 Å². The summed E-state index contributed by atoms with van der Waals surface area (Å²) >= 11 is 3.40. The smallest absolute Gasteiger partial charge is 0.327 e. The average molecular weight is 403 g/mol. The number of fused-ring (bicyclic) bond motifs is 1. The Balaban J connectivity index is 2.29. The summed E-state index contributed by atoms with van der Waals surface area (Å²) in [6.45, 7) is 3.50. The first-order chi connectivity index (χ1) is 10.7. The molecule has 1 atom stereocenters. The van der Waals surface area contributed by atoms with Gasteiger partial charge >= 0.3 is 5.97 Å². The number of benzene rings is 1. The van der Waals surface area contributed by atoms with Crippen molar-refractivity contribution in [3.05, 3.63) is 28.9 Å². The lowest BCUT2D eigenvalue weighted by molar-refractivity contribution is -0.146. The van der Waals surface area contributed by atoms with Crippen molar-refractivity contribution in [3.63, 3.8) is 0 Å². The van der Waals surface area contributed by atoms with E-state index in [1.807, 2.05) is 18.2 Å². The second kappa shape index (κ2) is 6.60. The van der Waals surface area contributed by atoms with Gasteiger partial charge in [0.15, 0.2) is 14.6 Å². The second-order valence-corrected chi connectivity index (χ2v) is 8.91. The normalized spacial score (nSPS) is 14.6. The van der Waals surface area contributed by atoms with Crippen molar-refractivity contribution in [2.24, 2.45) is 0 Å². The monoisotopic (exact) mass is 402 g/mol. The van der Waals surface area contributed by atoms with Crippen LogP contribution in [-0.4, -0.2) is 41.8 Å². The molecule has 2 aromatic rings. The largest absolute Gasteiger partial charge is 0.465 e. The molecule has 1 heterocycles. The van der Waals surface area contributed by atoms with Crippen LogP contribution in [0.5, 0.6) is 0 Å². The molecule has 126 valence electrons. The van der Waals surface area contributed by atoms with Crippen LogP contribution in [-0.2, 0) is 25.9 Å². The minimum absolute atomic E-state index is 0.0948.